The Morgan fingerprint density at radius 2 is 1.07 bits per heavy atom. The standard InChI is InChI=1S/C66H54N2/c1-44-24-29-47-15-14-38-67(64(47)39-44)52-32-37-57-56-35-28-46(41-60(56)66(61(57)43-52,50-16-6-4-7-17-50)51-18-8-5-9-19-51)26-25-45-27-34-54-48(40-45)30-31-49-42-53(33-36-55(49)54)68-62-22-12-10-20-58(62)65(2,3)59-21-11-13-23-63(59)68/h4-13,16-37,40-44H,14-15,38-39H2,1-3H3. The van der Waals surface area contributed by atoms with Crippen LogP contribution in [0.25, 0.3) is 44.8 Å². The fourth-order valence-electron chi connectivity index (χ4n) is 12.5. The van der Waals surface area contributed by atoms with Crippen LogP contribution in [0.4, 0.5) is 22.7 Å². The lowest BCUT2D eigenvalue weighted by atomic mass is 9.67. The first-order chi connectivity index (χ1) is 33.4. The minimum atomic E-state index is -0.485. The molecule has 4 aliphatic rings. The van der Waals surface area contributed by atoms with Gasteiger partial charge in [0.25, 0.3) is 0 Å². The van der Waals surface area contributed by atoms with E-state index in [1.54, 1.807) is 0 Å². The number of allylic oxidation sites excluding steroid dienone is 4. The summed E-state index contributed by atoms with van der Waals surface area (Å²) in [5, 5.41) is 5.01. The quantitative estimate of drug-likeness (QED) is 0.121. The summed E-state index contributed by atoms with van der Waals surface area (Å²) in [7, 11) is 0. The minimum absolute atomic E-state index is 0.0868. The van der Waals surface area contributed by atoms with Gasteiger partial charge < -0.3 is 9.80 Å². The highest BCUT2D eigenvalue weighted by atomic mass is 15.2. The second-order valence-corrected chi connectivity index (χ2v) is 20.1. The monoisotopic (exact) mass is 874 g/mol. The zero-order chi connectivity index (χ0) is 45.6. The van der Waals surface area contributed by atoms with E-state index in [0.717, 1.165) is 13.0 Å². The van der Waals surface area contributed by atoms with Crippen LogP contribution in [0.2, 0.25) is 0 Å². The molecule has 68 heavy (non-hydrogen) atoms. The Hall–Kier alpha value is -7.68. The molecule has 0 spiro atoms. The van der Waals surface area contributed by atoms with Crippen molar-refractivity contribution in [2.24, 2.45) is 5.92 Å². The van der Waals surface area contributed by atoms with E-state index in [9.17, 15) is 0 Å². The number of para-hydroxylation sites is 2. The molecule has 9 aromatic rings. The van der Waals surface area contributed by atoms with Gasteiger partial charge in [0, 0.05) is 29.0 Å². The van der Waals surface area contributed by atoms with Crippen molar-refractivity contribution >= 4 is 56.4 Å². The summed E-state index contributed by atoms with van der Waals surface area (Å²) in [6.07, 6.45) is 12.8. The molecule has 0 saturated carbocycles. The largest absolute Gasteiger partial charge is 0.345 e. The maximum absolute atomic E-state index is 2.63. The Morgan fingerprint density at radius 3 is 1.76 bits per heavy atom. The number of rotatable bonds is 6. The third kappa shape index (κ3) is 6.23. The molecule has 0 bridgehead atoms. The van der Waals surface area contributed by atoms with Crippen molar-refractivity contribution in [3.8, 4) is 11.1 Å². The van der Waals surface area contributed by atoms with Gasteiger partial charge in [0.1, 0.15) is 0 Å². The highest BCUT2D eigenvalue weighted by Crippen LogP contribution is 2.58. The lowest BCUT2D eigenvalue weighted by Gasteiger charge is -2.42. The van der Waals surface area contributed by atoms with Gasteiger partial charge >= 0.3 is 0 Å². The number of fused-ring (bicyclic) bond motifs is 8. The predicted molar refractivity (Wildman–Crippen MR) is 287 cm³/mol. The van der Waals surface area contributed by atoms with E-state index >= 15 is 0 Å². The van der Waals surface area contributed by atoms with E-state index < -0.39 is 5.41 Å². The molecule has 1 atom stereocenters. The molecule has 2 nitrogen and oxygen atoms in total. The molecular formula is C66H54N2. The number of anilines is 4. The minimum Gasteiger partial charge on any atom is -0.345 e. The van der Waals surface area contributed by atoms with Gasteiger partial charge in [-0.3, -0.25) is 0 Å². The number of hydrogen-bond acceptors (Lipinski definition) is 2. The van der Waals surface area contributed by atoms with E-state index in [2.05, 4.69) is 249 Å². The van der Waals surface area contributed by atoms with Crippen LogP contribution in [-0.4, -0.2) is 6.54 Å². The van der Waals surface area contributed by atoms with Crippen molar-refractivity contribution in [1.29, 1.82) is 0 Å². The summed E-state index contributed by atoms with van der Waals surface area (Å²) in [6, 6.07) is 73.2. The second kappa shape index (κ2) is 15.7. The Labute approximate surface area is 400 Å². The van der Waals surface area contributed by atoms with Crippen molar-refractivity contribution in [3.05, 3.63) is 262 Å². The summed E-state index contributed by atoms with van der Waals surface area (Å²) in [4.78, 5) is 5.08. The molecule has 0 radical (unpaired) electrons. The molecular weight excluding hydrogens is 821 g/mol. The molecule has 0 aromatic heterocycles. The normalized spacial score (nSPS) is 17.5. The zero-order valence-electron chi connectivity index (χ0n) is 39.1. The predicted octanol–water partition coefficient (Wildman–Crippen LogP) is 17.1. The molecule has 2 heterocycles. The number of benzene rings is 9. The van der Waals surface area contributed by atoms with Gasteiger partial charge in [-0.2, -0.15) is 0 Å². The van der Waals surface area contributed by atoms with Crippen LogP contribution in [-0.2, 0) is 10.8 Å². The number of nitrogens with zero attached hydrogens (tertiary/aromatic N) is 2. The Morgan fingerprint density at radius 1 is 0.515 bits per heavy atom. The molecule has 2 aliphatic heterocycles. The maximum Gasteiger partial charge on any atom is 0.0714 e. The highest BCUT2D eigenvalue weighted by molar-refractivity contribution is 6.09. The molecule has 328 valence electrons. The average Bonchev–Trinajstić information content (AvgIpc) is 3.68. The first-order valence-corrected chi connectivity index (χ1v) is 24.6. The summed E-state index contributed by atoms with van der Waals surface area (Å²) >= 11 is 0. The van der Waals surface area contributed by atoms with Gasteiger partial charge in [0.15, 0.2) is 0 Å². The topological polar surface area (TPSA) is 6.48 Å². The molecule has 0 amide bonds. The van der Waals surface area contributed by atoms with Gasteiger partial charge in [-0.15, -0.1) is 0 Å². The van der Waals surface area contributed by atoms with Gasteiger partial charge in [-0.05, 0) is 156 Å². The lowest BCUT2D eigenvalue weighted by molar-refractivity contribution is 0.622. The fraction of sp³-hybridized carbons (Fsp3) is 0.152. The maximum atomic E-state index is 2.63. The molecule has 9 aromatic carbocycles. The van der Waals surface area contributed by atoms with Crippen LogP contribution in [0.3, 0.4) is 0 Å². The SMILES string of the molecule is CC1C=CC2=C(C1)N(c1ccc3c(c1)C(c1ccccc1)(c1ccccc1)c1cc(C=Cc4ccc5c(ccc6cc(N7c8ccccc8C(C)(C)c8ccccc87)ccc65)c4)ccc1-3)CCC2. The Bertz CT molecular complexity index is 3480. The Balaban J connectivity index is 0.873. The van der Waals surface area contributed by atoms with Crippen LogP contribution in [0.1, 0.15) is 84.5 Å². The average molecular weight is 875 g/mol. The third-order valence-electron chi connectivity index (χ3n) is 15.7. The van der Waals surface area contributed by atoms with Gasteiger partial charge in [0.05, 0.1) is 16.8 Å². The van der Waals surface area contributed by atoms with Gasteiger partial charge in [0.2, 0.25) is 0 Å². The van der Waals surface area contributed by atoms with E-state index in [1.165, 1.54) is 124 Å². The van der Waals surface area contributed by atoms with Crippen molar-refractivity contribution in [3.63, 3.8) is 0 Å². The first-order valence-electron chi connectivity index (χ1n) is 24.6. The second-order valence-electron chi connectivity index (χ2n) is 20.1. The third-order valence-corrected chi connectivity index (χ3v) is 15.7. The van der Waals surface area contributed by atoms with Crippen LogP contribution < -0.4 is 9.80 Å². The number of hydrogen-bond donors (Lipinski definition) is 0. The summed E-state index contributed by atoms with van der Waals surface area (Å²) in [5.41, 5.74) is 20.4. The highest BCUT2D eigenvalue weighted by Gasteiger charge is 2.47. The molecule has 0 saturated heterocycles. The first kappa shape index (κ1) is 40.6. The van der Waals surface area contributed by atoms with Crippen molar-refractivity contribution < 1.29 is 0 Å². The molecule has 2 heteroatoms. The van der Waals surface area contributed by atoms with E-state index in [1.807, 2.05) is 0 Å². The summed E-state index contributed by atoms with van der Waals surface area (Å²) in [6.45, 7) is 8.09. The van der Waals surface area contributed by atoms with Crippen molar-refractivity contribution in [2.45, 2.75) is 50.9 Å². The van der Waals surface area contributed by atoms with E-state index in [4.69, 9.17) is 0 Å². The molecule has 0 N–H and O–H groups in total. The molecule has 0 fully saturated rings. The van der Waals surface area contributed by atoms with Crippen LogP contribution in [0.5, 0.6) is 0 Å². The van der Waals surface area contributed by atoms with Crippen molar-refractivity contribution in [2.75, 3.05) is 16.3 Å². The lowest BCUT2D eigenvalue weighted by Crippen LogP contribution is -2.32. The van der Waals surface area contributed by atoms with E-state index in [-0.39, 0.29) is 5.41 Å². The molecule has 1 unspecified atom stereocenters. The summed E-state index contributed by atoms with van der Waals surface area (Å²) < 4.78 is 0. The molecule has 2 aliphatic carbocycles. The van der Waals surface area contributed by atoms with Crippen LogP contribution >= 0.6 is 0 Å². The smallest absolute Gasteiger partial charge is 0.0714 e. The summed E-state index contributed by atoms with van der Waals surface area (Å²) in [5.74, 6) is 0.548. The van der Waals surface area contributed by atoms with Crippen molar-refractivity contribution in [1.82, 2.24) is 0 Å². The van der Waals surface area contributed by atoms with Crippen LogP contribution in [0, 0.1) is 5.92 Å². The van der Waals surface area contributed by atoms with Crippen LogP contribution in [0.15, 0.2) is 218 Å². The van der Waals surface area contributed by atoms with Gasteiger partial charge in [-0.1, -0.05) is 191 Å². The fourth-order valence-corrected chi connectivity index (χ4v) is 12.5. The Kier molecular flexibility index (Phi) is 9.38. The molecule has 13 rings (SSSR count). The van der Waals surface area contributed by atoms with E-state index in [0.29, 0.717) is 5.92 Å². The zero-order valence-corrected chi connectivity index (χ0v) is 39.1. The van der Waals surface area contributed by atoms with Gasteiger partial charge in [-0.25, -0.2) is 0 Å².